The Balaban J connectivity index is 3.05. The molecule has 0 radical (unpaired) electrons. The van der Waals surface area contributed by atoms with Crippen molar-refractivity contribution in [2.75, 3.05) is 14.1 Å². The van der Waals surface area contributed by atoms with Crippen LogP contribution in [0.5, 0.6) is 0 Å². The summed E-state index contributed by atoms with van der Waals surface area (Å²) in [6, 6.07) is 3.62. The van der Waals surface area contributed by atoms with E-state index < -0.39 is 28.0 Å². The Bertz CT molecular complexity index is 731. The summed E-state index contributed by atoms with van der Waals surface area (Å²) in [6.07, 6.45) is -1.04. The Morgan fingerprint density at radius 1 is 1.21 bits per heavy atom. The molecule has 1 atom stereocenters. The lowest BCUT2D eigenvalue weighted by molar-refractivity contribution is -0.129. The average molecular weight is 377 g/mol. The number of hydrogen-bond donors (Lipinski definition) is 1. The van der Waals surface area contributed by atoms with Gasteiger partial charge in [-0.25, -0.2) is 17.5 Å². The fraction of sp³-hybridized carbons (Fsp3) is 0.467. The van der Waals surface area contributed by atoms with Crippen molar-refractivity contribution in [2.45, 2.75) is 37.8 Å². The highest BCUT2D eigenvalue weighted by Gasteiger charge is 2.24. The molecule has 1 N–H and O–H groups in total. The summed E-state index contributed by atoms with van der Waals surface area (Å²) < 4.78 is 30.4. The number of nitrogens with one attached hydrogen (secondary N) is 1. The summed E-state index contributed by atoms with van der Waals surface area (Å²) in [6.45, 7) is 4.97. The third-order valence-electron chi connectivity index (χ3n) is 3.02. The minimum Gasteiger partial charge on any atom is -0.449 e. The fourth-order valence-corrected chi connectivity index (χ4v) is 2.83. The molecule has 1 aromatic rings. The molecule has 0 saturated carbocycles. The largest absolute Gasteiger partial charge is 0.449 e. The number of carbonyl (C=O) groups is 2. The molecule has 0 spiro atoms. The highest BCUT2D eigenvalue weighted by Crippen LogP contribution is 2.23. The Morgan fingerprint density at radius 2 is 1.79 bits per heavy atom. The van der Waals surface area contributed by atoms with Crippen LogP contribution in [0.4, 0.5) is 0 Å². The minimum absolute atomic E-state index is 0.0363. The lowest BCUT2D eigenvalue weighted by atomic mass is 10.2. The van der Waals surface area contributed by atoms with Gasteiger partial charge in [-0.15, -0.1) is 0 Å². The molecular formula is C15H21ClN2O5S. The predicted molar refractivity (Wildman–Crippen MR) is 90.5 cm³/mol. The van der Waals surface area contributed by atoms with Gasteiger partial charge in [-0.1, -0.05) is 11.6 Å². The molecule has 1 rings (SSSR count). The number of amides is 1. The first kappa shape index (κ1) is 20.4. The van der Waals surface area contributed by atoms with Crippen LogP contribution in [0.25, 0.3) is 0 Å². The van der Waals surface area contributed by atoms with E-state index in [0.717, 1.165) is 10.4 Å². The minimum atomic E-state index is -3.72. The topological polar surface area (TPSA) is 92.8 Å². The maximum Gasteiger partial charge on any atom is 0.340 e. The predicted octanol–water partition coefficient (Wildman–Crippen LogP) is 1.66. The van der Waals surface area contributed by atoms with Crippen molar-refractivity contribution < 1.29 is 22.7 Å². The number of esters is 1. The maximum atomic E-state index is 12.2. The lowest BCUT2D eigenvalue weighted by Crippen LogP contribution is -2.39. The smallest absolute Gasteiger partial charge is 0.340 e. The van der Waals surface area contributed by atoms with Crippen LogP contribution in [0, 0.1) is 0 Å². The van der Waals surface area contributed by atoms with Crippen molar-refractivity contribution in [3.63, 3.8) is 0 Å². The average Bonchev–Trinajstić information content (AvgIpc) is 2.46. The van der Waals surface area contributed by atoms with Gasteiger partial charge >= 0.3 is 5.97 Å². The van der Waals surface area contributed by atoms with Gasteiger partial charge in [-0.2, -0.15) is 0 Å². The van der Waals surface area contributed by atoms with E-state index in [1.807, 2.05) is 0 Å². The van der Waals surface area contributed by atoms with Gasteiger partial charge in [0, 0.05) is 20.1 Å². The van der Waals surface area contributed by atoms with Crippen LogP contribution in [0.3, 0.4) is 0 Å². The molecule has 0 unspecified atom stereocenters. The van der Waals surface area contributed by atoms with Crippen LogP contribution in [-0.2, 0) is 19.6 Å². The Labute approximate surface area is 147 Å². The Morgan fingerprint density at radius 3 is 2.29 bits per heavy atom. The Kier molecular flexibility index (Phi) is 6.76. The molecule has 0 aliphatic carbocycles. The third kappa shape index (κ3) is 4.93. The van der Waals surface area contributed by atoms with E-state index in [1.54, 1.807) is 13.8 Å². The number of ether oxygens (including phenoxy) is 1. The first-order valence-electron chi connectivity index (χ1n) is 7.20. The third-order valence-corrected chi connectivity index (χ3v) is 5.16. The van der Waals surface area contributed by atoms with E-state index in [4.69, 9.17) is 16.3 Å². The molecule has 0 bridgehead atoms. The Hall–Kier alpha value is -1.64. The summed E-state index contributed by atoms with van der Waals surface area (Å²) in [5.41, 5.74) is -0.121. The van der Waals surface area contributed by atoms with Crippen LogP contribution in [0.1, 0.15) is 31.1 Å². The SMILES string of the molecule is CC(C)NC(=O)[C@H](C)OC(=O)c1cc(S(=O)(=O)N(C)C)ccc1Cl. The van der Waals surface area contributed by atoms with Crippen LogP contribution in [0.15, 0.2) is 23.1 Å². The van der Waals surface area contributed by atoms with E-state index >= 15 is 0 Å². The van der Waals surface area contributed by atoms with Crippen LogP contribution >= 0.6 is 11.6 Å². The second-order valence-electron chi connectivity index (χ2n) is 5.64. The van der Waals surface area contributed by atoms with E-state index in [-0.39, 0.29) is 21.5 Å². The molecule has 0 heterocycles. The van der Waals surface area contributed by atoms with Gasteiger partial charge in [0.15, 0.2) is 6.10 Å². The first-order chi connectivity index (χ1) is 11.0. The van der Waals surface area contributed by atoms with Gasteiger partial charge in [0.25, 0.3) is 5.91 Å². The number of hydrogen-bond acceptors (Lipinski definition) is 5. The molecule has 24 heavy (non-hydrogen) atoms. The van der Waals surface area contributed by atoms with Gasteiger partial charge < -0.3 is 10.1 Å². The second-order valence-corrected chi connectivity index (χ2v) is 8.20. The number of benzene rings is 1. The number of carbonyl (C=O) groups excluding carboxylic acids is 2. The van der Waals surface area contributed by atoms with E-state index in [1.165, 1.54) is 33.2 Å². The van der Waals surface area contributed by atoms with Crippen molar-refractivity contribution in [2.24, 2.45) is 0 Å². The summed E-state index contributed by atoms with van der Waals surface area (Å²) in [5, 5.41) is 2.65. The van der Waals surface area contributed by atoms with E-state index in [0.29, 0.717) is 0 Å². The summed E-state index contributed by atoms with van der Waals surface area (Å²) in [5.74, 6) is -1.33. The lowest BCUT2D eigenvalue weighted by Gasteiger charge is -2.16. The normalized spacial score (nSPS) is 13.0. The molecule has 1 aromatic carbocycles. The van der Waals surface area contributed by atoms with E-state index in [9.17, 15) is 18.0 Å². The van der Waals surface area contributed by atoms with Crippen molar-refractivity contribution >= 4 is 33.5 Å². The maximum absolute atomic E-state index is 12.2. The molecule has 0 aromatic heterocycles. The van der Waals surface area contributed by atoms with Crippen LogP contribution in [-0.4, -0.2) is 50.8 Å². The van der Waals surface area contributed by atoms with Crippen LogP contribution < -0.4 is 5.32 Å². The molecular weight excluding hydrogens is 356 g/mol. The number of rotatable bonds is 6. The summed E-state index contributed by atoms with van der Waals surface area (Å²) in [4.78, 5) is 23.9. The van der Waals surface area contributed by atoms with Crippen LogP contribution in [0.2, 0.25) is 5.02 Å². The van der Waals surface area contributed by atoms with Gasteiger partial charge in [0.2, 0.25) is 10.0 Å². The number of nitrogens with zero attached hydrogens (tertiary/aromatic N) is 1. The second kappa shape index (κ2) is 7.96. The highest BCUT2D eigenvalue weighted by molar-refractivity contribution is 7.89. The molecule has 1 amide bonds. The zero-order valence-corrected chi connectivity index (χ0v) is 15.7. The number of sulfonamides is 1. The standard InChI is InChI=1S/C15H21ClN2O5S/c1-9(2)17-14(19)10(3)23-15(20)12-8-11(6-7-13(12)16)24(21,22)18(4)5/h6-10H,1-5H3,(H,17,19)/t10-/m0/s1. The molecule has 9 heteroatoms. The fourth-order valence-electron chi connectivity index (χ4n) is 1.71. The zero-order valence-electron chi connectivity index (χ0n) is 14.2. The molecule has 7 nitrogen and oxygen atoms in total. The van der Waals surface area contributed by atoms with Crippen molar-refractivity contribution in [3.8, 4) is 0 Å². The molecule has 134 valence electrons. The van der Waals surface area contributed by atoms with Gasteiger partial charge in [0.05, 0.1) is 15.5 Å². The summed E-state index contributed by atoms with van der Waals surface area (Å²) in [7, 11) is -0.972. The number of halogens is 1. The zero-order chi connectivity index (χ0) is 18.7. The van der Waals surface area contributed by atoms with Crippen molar-refractivity contribution in [3.05, 3.63) is 28.8 Å². The van der Waals surface area contributed by atoms with Crippen molar-refractivity contribution in [1.82, 2.24) is 9.62 Å². The summed E-state index contributed by atoms with van der Waals surface area (Å²) >= 11 is 5.96. The molecule has 0 fully saturated rings. The molecule has 0 aliphatic rings. The monoisotopic (exact) mass is 376 g/mol. The first-order valence-corrected chi connectivity index (χ1v) is 9.02. The van der Waals surface area contributed by atoms with Crippen molar-refractivity contribution in [1.29, 1.82) is 0 Å². The molecule has 0 aliphatic heterocycles. The van der Waals surface area contributed by atoms with E-state index in [2.05, 4.69) is 5.32 Å². The van der Waals surface area contributed by atoms with Gasteiger partial charge in [-0.05, 0) is 39.0 Å². The highest BCUT2D eigenvalue weighted by atomic mass is 35.5. The molecule has 0 saturated heterocycles. The quantitative estimate of drug-likeness (QED) is 0.762. The van der Waals surface area contributed by atoms with Gasteiger partial charge in [-0.3, -0.25) is 4.79 Å². The van der Waals surface area contributed by atoms with Gasteiger partial charge in [0.1, 0.15) is 0 Å².